The lowest BCUT2D eigenvalue weighted by Crippen LogP contribution is -2.38. The summed E-state index contributed by atoms with van der Waals surface area (Å²) < 4.78 is 7.51. The van der Waals surface area contributed by atoms with E-state index in [9.17, 15) is 4.79 Å². The quantitative estimate of drug-likeness (QED) is 0.387. The van der Waals surface area contributed by atoms with Crippen LogP contribution in [0.5, 0.6) is 0 Å². The van der Waals surface area contributed by atoms with Gasteiger partial charge in [-0.3, -0.25) is 0 Å². The zero-order chi connectivity index (χ0) is 23.8. The van der Waals surface area contributed by atoms with E-state index in [1.54, 1.807) is 7.11 Å². The van der Waals surface area contributed by atoms with Gasteiger partial charge in [0.05, 0.1) is 13.2 Å². The van der Waals surface area contributed by atoms with Crippen LogP contribution in [-0.2, 0) is 17.8 Å². The molecule has 2 amide bonds. The Balaban J connectivity index is 1.84. The highest BCUT2D eigenvalue weighted by Gasteiger charge is 2.20. The van der Waals surface area contributed by atoms with Crippen LogP contribution in [0.15, 0.2) is 66.9 Å². The SMILES string of the molecule is COCCN(Cc1cccn1Cc1ccccc1)C(=O)Nc1c(C(C)C)cccc1C(C)C. The first kappa shape index (κ1) is 24.6. The summed E-state index contributed by atoms with van der Waals surface area (Å²) in [7, 11) is 1.67. The first-order chi connectivity index (χ1) is 15.9. The first-order valence-electron chi connectivity index (χ1n) is 11.8. The molecule has 0 radical (unpaired) electrons. The number of aromatic nitrogens is 1. The molecule has 0 aliphatic rings. The molecule has 176 valence electrons. The number of urea groups is 1. The maximum absolute atomic E-state index is 13.5. The summed E-state index contributed by atoms with van der Waals surface area (Å²) in [5.41, 5.74) is 5.58. The number of hydrogen-bond acceptors (Lipinski definition) is 2. The Morgan fingerprint density at radius 2 is 1.61 bits per heavy atom. The molecule has 0 saturated carbocycles. The van der Waals surface area contributed by atoms with Crippen LogP contribution in [-0.4, -0.2) is 35.8 Å². The van der Waals surface area contributed by atoms with E-state index in [1.165, 1.54) is 5.56 Å². The molecule has 0 atom stereocenters. The molecule has 3 rings (SSSR count). The number of para-hydroxylation sites is 1. The van der Waals surface area contributed by atoms with E-state index < -0.39 is 0 Å². The van der Waals surface area contributed by atoms with Crippen molar-refractivity contribution in [3.63, 3.8) is 0 Å². The van der Waals surface area contributed by atoms with Gasteiger partial charge in [-0.05, 0) is 40.7 Å². The summed E-state index contributed by atoms with van der Waals surface area (Å²) >= 11 is 0. The van der Waals surface area contributed by atoms with E-state index in [0.29, 0.717) is 31.5 Å². The van der Waals surface area contributed by atoms with E-state index in [4.69, 9.17) is 4.74 Å². The van der Waals surface area contributed by atoms with Gasteiger partial charge in [0.1, 0.15) is 0 Å². The minimum atomic E-state index is -0.102. The van der Waals surface area contributed by atoms with Crippen molar-refractivity contribution in [2.75, 3.05) is 25.6 Å². The highest BCUT2D eigenvalue weighted by atomic mass is 16.5. The Morgan fingerprint density at radius 3 is 2.21 bits per heavy atom. The number of ether oxygens (including phenoxy) is 1. The van der Waals surface area contributed by atoms with Crippen molar-refractivity contribution >= 4 is 11.7 Å². The predicted octanol–water partition coefficient (Wildman–Crippen LogP) is 6.46. The van der Waals surface area contributed by atoms with Gasteiger partial charge in [0, 0.05) is 37.8 Å². The van der Waals surface area contributed by atoms with Crippen molar-refractivity contribution in [1.29, 1.82) is 0 Å². The topological polar surface area (TPSA) is 46.5 Å². The zero-order valence-electron chi connectivity index (χ0n) is 20.5. The van der Waals surface area contributed by atoms with Gasteiger partial charge >= 0.3 is 6.03 Å². The molecule has 0 spiro atoms. The summed E-state index contributed by atoms with van der Waals surface area (Å²) in [4.78, 5) is 15.3. The molecular weight excluding hydrogens is 410 g/mol. The molecule has 5 heteroatoms. The number of amides is 2. The summed E-state index contributed by atoms with van der Waals surface area (Å²) in [6.07, 6.45) is 2.07. The number of carbonyl (C=O) groups is 1. The van der Waals surface area contributed by atoms with E-state index in [-0.39, 0.29) is 6.03 Å². The number of hydrogen-bond donors (Lipinski definition) is 1. The van der Waals surface area contributed by atoms with E-state index in [2.05, 4.69) is 92.3 Å². The number of nitrogens with one attached hydrogen (secondary N) is 1. The fraction of sp³-hybridized carbons (Fsp3) is 0.393. The molecule has 0 fully saturated rings. The molecule has 5 nitrogen and oxygen atoms in total. The number of nitrogens with zero attached hydrogens (tertiary/aromatic N) is 2. The van der Waals surface area contributed by atoms with Crippen molar-refractivity contribution in [2.24, 2.45) is 0 Å². The minimum absolute atomic E-state index is 0.102. The number of anilines is 1. The lowest BCUT2D eigenvalue weighted by molar-refractivity contribution is 0.151. The van der Waals surface area contributed by atoms with E-state index in [1.807, 2.05) is 17.0 Å². The van der Waals surface area contributed by atoms with Crippen LogP contribution >= 0.6 is 0 Å². The van der Waals surface area contributed by atoms with Crippen LogP contribution in [0.25, 0.3) is 0 Å². The van der Waals surface area contributed by atoms with Gasteiger partial charge < -0.3 is 19.5 Å². The molecule has 0 aliphatic heterocycles. The van der Waals surface area contributed by atoms with Crippen molar-refractivity contribution in [3.8, 4) is 0 Å². The first-order valence-corrected chi connectivity index (χ1v) is 11.8. The maximum Gasteiger partial charge on any atom is 0.322 e. The van der Waals surface area contributed by atoms with Gasteiger partial charge in [-0.1, -0.05) is 76.2 Å². The number of methoxy groups -OCH3 is 1. The van der Waals surface area contributed by atoms with Gasteiger partial charge in [0.15, 0.2) is 0 Å². The average molecular weight is 448 g/mol. The summed E-state index contributed by atoms with van der Waals surface area (Å²) in [5.74, 6) is 0.629. The molecule has 0 aliphatic carbocycles. The Morgan fingerprint density at radius 1 is 0.939 bits per heavy atom. The maximum atomic E-state index is 13.5. The molecule has 0 saturated heterocycles. The predicted molar refractivity (Wildman–Crippen MR) is 136 cm³/mol. The number of rotatable bonds is 10. The second-order valence-electron chi connectivity index (χ2n) is 9.08. The summed E-state index contributed by atoms with van der Waals surface area (Å²) in [6.45, 7) is 10.9. The van der Waals surface area contributed by atoms with Crippen LogP contribution in [0.2, 0.25) is 0 Å². The summed E-state index contributed by atoms with van der Waals surface area (Å²) in [6, 6.07) is 20.7. The van der Waals surface area contributed by atoms with E-state index in [0.717, 1.165) is 29.1 Å². The van der Waals surface area contributed by atoms with Gasteiger partial charge in [0.2, 0.25) is 0 Å². The second kappa shape index (κ2) is 11.7. The largest absolute Gasteiger partial charge is 0.383 e. The van der Waals surface area contributed by atoms with Crippen molar-refractivity contribution < 1.29 is 9.53 Å². The Bertz CT molecular complexity index is 998. The third-order valence-corrected chi connectivity index (χ3v) is 5.93. The number of benzene rings is 2. The highest BCUT2D eigenvalue weighted by Crippen LogP contribution is 2.32. The smallest absolute Gasteiger partial charge is 0.322 e. The van der Waals surface area contributed by atoms with Crippen LogP contribution in [0, 0.1) is 0 Å². The third-order valence-electron chi connectivity index (χ3n) is 5.93. The molecular formula is C28H37N3O2. The van der Waals surface area contributed by atoms with Crippen LogP contribution in [0.4, 0.5) is 10.5 Å². The third kappa shape index (κ3) is 6.48. The van der Waals surface area contributed by atoms with Crippen LogP contribution < -0.4 is 5.32 Å². The molecule has 1 N–H and O–H groups in total. The van der Waals surface area contributed by atoms with Crippen LogP contribution in [0.3, 0.4) is 0 Å². The highest BCUT2D eigenvalue weighted by molar-refractivity contribution is 5.91. The summed E-state index contributed by atoms with van der Waals surface area (Å²) in [5, 5.41) is 3.25. The fourth-order valence-electron chi connectivity index (χ4n) is 4.06. The van der Waals surface area contributed by atoms with Crippen molar-refractivity contribution in [2.45, 2.75) is 52.6 Å². The Hall–Kier alpha value is -3.05. The normalized spacial score (nSPS) is 11.2. The van der Waals surface area contributed by atoms with Crippen molar-refractivity contribution in [3.05, 3.63) is 89.2 Å². The van der Waals surface area contributed by atoms with Gasteiger partial charge in [-0.2, -0.15) is 0 Å². The fourth-order valence-corrected chi connectivity index (χ4v) is 4.06. The zero-order valence-corrected chi connectivity index (χ0v) is 20.5. The molecule has 1 heterocycles. The minimum Gasteiger partial charge on any atom is -0.383 e. The second-order valence-corrected chi connectivity index (χ2v) is 9.08. The lowest BCUT2D eigenvalue weighted by Gasteiger charge is -2.26. The van der Waals surface area contributed by atoms with Gasteiger partial charge in [-0.25, -0.2) is 4.79 Å². The standard InChI is InChI=1S/C28H37N3O2/c1-21(2)25-14-9-15-26(22(3)4)27(25)29-28(32)31(17-18-33-5)20-24-13-10-16-30(24)19-23-11-7-6-8-12-23/h6-16,21-22H,17-20H2,1-5H3,(H,29,32). The Kier molecular flexibility index (Phi) is 8.72. The lowest BCUT2D eigenvalue weighted by atomic mass is 9.93. The number of carbonyl (C=O) groups excluding carboxylic acids is 1. The molecule has 0 unspecified atom stereocenters. The molecule has 1 aromatic heterocycles. The Labute approximate surface area is 198 Å². The van der Waals surface area contributed by atoms with Gasteiger partial charge in [0.25, 0.3) is 0 Å². The average Bonchev–Trinajstić information content (AvgIpc) is 3.23. The van der Waals surface area contributed by atoms with Crippen molar-refractivity contribution in [1.82, 2.24) is 9.47 Å². The molecule has 33 heavy (non-hydrogen) atoms. The van der Waals surface area contributed by atoms with E-state index >= 15 is 0 Å². The molecule has 0 bridgehead atoms. The molecule has 3 aromatic rings. The van der Waals surface area contributed by atoms with Gasteiger partial charge in [-0.15, -0.1) is 0 Å². The molecule has 2 aromatic carbocycles. The van der Waals surface area contributed by atoms with Crippen LogP contribution in [0.1, 0.15) is 61.9 Å². The monoisotopic (exact) mass is 447 g/mol.